The van der Waals surface area contributed by atoms with Crippen molar-refractivity contribution in [2.24, 2.45) is 0 Å². The first-order valence-electron chi connectivity index (χ1n) is 6.94. The molecule has 2 aliphatic rings. The largest absolute Gasteiger partial charge is 0.389 e. The molecule has 2 rings (SSSR count). The van der Waals surface area contributed by atoms with Crippen LogP contribution in [-0.4, -0.2) is 72.5 Å². The maximum Gasteiger partial charge on any atom is 0.0900 e. The summed E-state index contributed by atoms with van der Waals surface area (Å²) in [6.45, 7) is 9.68. The van der Waals surface area contributed by atoms with E-state index in [-0.39, 0.29) is 6.10 Å². The van der Waals surface area contributed by atoms with E-state index < -0.39 is 0 Å². The molecule has 3 unspecified atom stereocenters. The van der Waals surface area contributed by atoms with Gasteiger partial charge in [0.25, 0.3) is 0 Å². The zero-order chi connectivity index (χ0) is 12.3. The van der Waals surface area contributed by atoms with Crippen LogP contribution in [0, 0.1) is 0 Å². The van der Waals surface area contributed by atoms with Crippen molar-refractivity contribution in [3.63, 3.8) is 0 Å². The van der Waals surface area contributed by atoms with Crippen molar-refractivity contribution >= 4 is 0 Å². The number of aliphatic hydroxyl groups excluding tert-OH is 1. The lowest BCUT2D eigenvalue weighted by atomic mass is 10.1. The minimum atomic E-state index is -0.342. The smallest absolute Gasteiger partial charge is 0.0900 e. The van der Waals surface area contributed by atoms with Crippen molar-refractivity contribution in [1.82, 2.24) is 9.80 Å². The van der Waals surface area contributed by atoms with E-state index in [9.17, 15) is 5.11 Å². The lowest BCUT2D eigenvalue weighted by Crippen LogP contribution is -2.56. The van der Waals surface area contributed by atoms with E-state index in [1.54, 1.807) is 0 Å². The Bertz CT molecular complexity index is 237. The summed E-state index contributed by atoms with van der Waals surface area (Å²) in [4.78, 5) is 5.03. The average Bonchev–Trinajstić information content (AvgIpc) is 2.74. The Kier molecular flexibility index (Phi) is 4.79. The Morgan fingerprint density at radius 1 is 1.41 bits per heavy atom. The third kappa shape index (κ3) is 3.41. The van der Waals surface area contributed by atoms with Crippen LogP contribution in [-0.2, 0) is 4.74 Å². The van der Waals surface area contributed by atoms with E-state index in [1.807, 2.05) is 6.92 Å². The van der Waals surface area contributed by atoms with Crippen molar-refractivity contribution in [3.05, 3.63) is 0 Å². The third-order valence-corrected chi connectivity index (χ3v) is 4.03. The molecule has 100 valence electrons. The molecule has 0 aromatic heterocycles. The van der Waals surface area contributed by atoms with Crippen LogP contribution in [0.25, 0.3) is 0 Å². The van der Waals surface area contributed by atoms with Crippen LogP contribution in [0.1, 0.15) is 26.7 Å². The number of fused-ring (bicyclic) bond motifs is 1. The topological polar surface area (TPSA) is 35.9 Å². The van der Waals surface area contributed by atoms with Gasteiger partial charge in [-0.2, -0.15) is 0 Å². The van der Waals surface area contributed by atoms with Crippen molar-refractivity contribution < 1.29 is 9.84 Å². The van der Waals surface area contributed by atoms with E-state index in [1.165, 1.54) is 19.4 Å². The summed E-state index contributed by atoms with van der Waals surface area (Å²) in [5.74, 6) is 0. The molecule has 2 fully saturated rings. The van der Waals surface area contributed by atoms with Crippen LogP contribution in [0.5, 0.6) is 0 Å². The van der Waals surface area contributed by atoms with E-state index in [2.05, 4.69) is 16.7 Å². The fraction of sp³-hybridized carbons (Fsp3) is 1.00. The fourth-order valence-electron chi connectivity index (χ4n) is 3.08. The number of nitrogens with zero attached hydrogens (tertiary/aromatic N) is 2. The number of piperazine rings is 1. The number of hydrogen-bond donors (Lipinski definition) is 1. The Morgan fingerprint density at radius 3 is 3.00 bits per heavy atom. The summed E-state index contributed by atoms with van der Waals surface area (Å²) in [7, 11) is 0. The van der Waals surface area contributed by atoms with E-state index in [4.69, 9.17) is 4.74 Å². The predicted octanol–water partition coefficient (Wildman–Crippen LogP) is 0.552. The third-order valence-electron chi connectivity index (χ3n) is 4.03. The van der Waals surface area contributed by atoms with Gasteiger partial charge in [-0.3, -0.25) is 9.80 Å². The molecule has 0 bridgehead atoms. The first-order valence-corrected chi connectivity index (χ1v) is 6.94. The van der Waals surface area contributed by atoms with Crippen molar-refractivity contribution in [2.75, 3.05) is 39.4 Å². The summed E-state index contributed by atoms with van der Waals surface area (Å²) in [6.07, 6.45) is 2.32. The summed E-state index contributed by atoms with van der Waals surface area (Å²) in [5, 5.41) is 9.91. The molecule has 4 nitrogen and oxygen atoms in total. The lowest BCUT2D eigenvalue weighted by molar-refractivity contribution is -0.0116. The molecule has 0 aromatic rings. The molecule has 1 N–H and O–H groups in total. The highest BCUT2D eigenvalue weighted by atomic mass is 16.5. The van der Waals surface area contributed by atoms with Crippen LogP contribution in [0.3, 0.4) is 0 Å². The highest BCUT2D eigenvalue weighted by Crippen LogP contribution is 2.24. The summed E-state index contributed by atoms with van der Waals surface area (Å²) in [6, 6.07) is 1.28. The van der Waals surface area contributed by atoms with Gasteiger partial charge in [0.1, 0.15) is 0 Å². The molecule has 0 aromatic carbocycles. The van der Waals surface area contributed by atoms with Crippen molar-refractivity contribution in [1.29, 1.82) is 0 Å². The normalized spacial score (nSPS) is 32.6. The van der Waals surface area contributed by atoms with Crippen LogP contribution >= 0.6 is 0 Å². The minimum absolute atomic E-state index is 0.342. The van der Waals surface area contributed by atoms with Gasteiger partial charge < -0.3 is 9.84 Å². The van der Waals surface area contributed by atoms with Crippen LogP contribution in [0.15, 0.2) is 0 Å². The Balaban J connectivity index is 1.79. The molecular formula is C13H26N2O2. The summed E-state index contributed by atoms with van der Waals surface area (Å²) >= 11 is 0. The van der Waals surface area contributed by atoms with Crippen LogP contribution < -0.4 is 0 Å². The Hall–Kier alpha value is -0.160. The molecule has 0 spiro atoms. The number of rotatable bonds is 5. The molecule has 3 atom stereocenters. The molecule has 0 saturated carbocycles. The number of ether oxygens (including phenoxy) is 1. The highest BCUT2D eigenvalue weighted by Gasteiger charge is 2.34. The zero-order valence-corrected chi connectivity index (χ0v) is 11.1. The molecule has 2 aliphatic heterocycles. The second-order valence-corrected chi connectivity index (χ2v) is 5.41. The Morgan fingerprint density at radius 2 is 2.24 bits per heavy atom. The number of β-amino-alcohol motifs (C(OH)–C–C–N with tert-alkyl or cyclic N) is 1. The fourth-order valence-corrected chi connectivity index (χ4v) is 3.08. The van der Waals surface area contributed by atoms with Gasteiger partial charge in [-0.05, 0) is 33.2 Å². The first kappa shape index (κ1) is 13.3. The van der Waals surface area contributed by atoms with Crippen LogP contribution in [0.2, 0.25) is 0 Å². The van der Waals surface area contributed by atoms with Crippen molar-refractivity contribution in [3.8, 4) is 0 Å². The van der Waals surface area contributed by atoms with Gasteiger partial charge in [0.05, 0.1) is 12.7 Å². The molecule has 2 heterocycles. The minimum Gasteiger partial charge on any atom is -0.389 e. The second-order valence-electron chi connectivity index (χ2n) is 5.41. The molecule has 0 aliphatic carbocycles. The maximum absolute atomic E-state index is 9.91. The van der Waals surface area contributed by atoms with Gasteiger partial charge in [0.2, 0.25) is 0 Å². The second kappa shape index (κ2) is 6.14. The van der Waals surface area contributed by atoms with Gasteiger partial charge >= 0.3 is 0 Å². The van der Waals surface area contributed by atoms with Crippen LogP contribution in [0.4, 0.5) is 0 Å². The number of hydrogen-bond acceptors (Lipinski definition) is 4. The van der Waals surface area contributed by atoms with E-state index in [0.29, 0.717) is 19.3 Å². The SMILES string of the molecule is CCOCC(O)CN1CC2CCCN2CC1C. The van der Waals surface area contributed by atoms with Gasteiger partial charge in [0, 0.05) is 38.3 Å². The molecular weight excluding hydrogens is 216 g/mol. The lowest BCUT2D eigenvalue weighted by Gasteiger charge is -2.43. The maximum atomic E-state index is 9.91. The molecule has 0 amide bonds. The monoisotopic (exact) mass is 242 g/mol. The first-order chi connectivity index (χ1) is 8.20. The van der Waals surface area contributed by atoms with Gasteiger partial charge in [0.15, 0.2) is 0 Å². The number of aliphatic hydroxyl groups is 1. The van der Waals surface area contributed by atoms with Crippen molar-refractivity contribution in [2.45, 2.75) is 44.9 Å². The molecule has 17 heavy (non-hydrogen) atoms. The Labute approximate surface area is 105 Å². The molecule has 0 radical (unpaired) electrons. The van der Waals surface area contributed by atoms with Gasteiger partial charge in [-0.1, -0.05) is 0 Å². The van der Waals surface area contributed by atoms with Gasteiger partial charge in [-0.25, -0.2) is 0 Å². The standard InChI is InChI=1S/C13H26N2O2/c1-3-17-10-13(16)9-15-8-12-5-4-6-14(12)7-11(15)2/h11-13,16H,3-10H2,1-2H3. The van der Waals surface area contributed by atoms with E-state index in [0.717, 1.165) is 25.7 Å². The van der Waals surface area contributed by atoms with E-state index >= 15 is 0 Å². The predicted molar refractivity (Wildman–Crippen MR) is 68.1 cm³/mol. The molecule has 2 saturated heterocycles. The highest BCUT2D eigenvalue weighted by molar-refractivity contribution is 4.91. The summed E-state index contributed by atoms with van der Waals surface area (Å²) < 4.78 is 5.27. The quantitative estimate of drug-likeness (QED) is 0.764. The summed E-state index contributed by atoms with van der Waals surface area (Å²) in [5.41, 5.74) is 0. The average molecular weight is 242 g/mol. The zero-order valence-electron chi connectivity index (χ0n) is 11.1. The van der Waals surface area contributed by atoms with Gasteiger partial charge in [-0.15, -0.1) is 0 Å². The molecule has 4 heteroatoms.